The second-order valence-corrected chi connectivity index (χ2v) is 7.36. The molecule has 0 radical (unpaired) electrons. The molecule has 1 aromatic heterocycles. The molecule has 25 heavy (non-hydrogen) atoms. The van der Waals surface area contributed by atoms with Crippen molar-refractivity contribution in [1.82, 2.24) is 14.7 Å². The summed E-state index contributed by atoms with van der Waals surface area (Å²) in [6.45, 7) is 0.946. The first-order valence-corrected chi connectivity index (χ1v) is 9.35. The largest absolute Gasteiger partial charge is 0.378 e. The molecule has 1 aliphatic heterocycles. The molecule has 3 rings (SSSR count). The lowest BCUT2D eigenvalue weighted by Crippen LogP contribution is -2.28. The van der Waals surface area contributed by atoms with Gasteiger partial charge in [-0.2, -0.15) is 5.10 Å². The van der Waals surface area contributed by atoms with Crippen molar-refractivity contribution in [3.8, 4) is 0 Å². The number of nitrogens with one attached hydrogen (secondary N) is 1. The van der Waals surface area contributed by atoms with Gasteiger partial charge < -0.3 is 10.2 Å². The lowest BCUT2D eigenvalue weighted by Gasteiger charge is -2.31. The van der Waals surface area contributed by atoms with Gasteiger partial charge in [-0.25, -0.2) is 4.68 Å². The zero-order chi connectivity index (χ0) is 18.0. The summed E-state index contributed by atoms with van der Waals surface area (Å²) in [6.07, 6.45) is 4.60. The Morgan fingerprint density at radius 3 is 2.72 bits per heavy atom. The molecule has 0 saturated heterocycles. The quantitative estimate of drug-likeness (QED) is 0.763. The van der Waals surface area contributed by atoms with Crippen LogP contribution < -0.4 is 10.9 Å². The molecule has 1 aliphatic rings. The number of allylic oxidation sites excluding steroid dienone is 1. The van der Waals surface area contributed by atoms with E-state index in [1.807, 2.05) is 0 Å². The summed E-state index contributed by atoms with van der Waals surface area (Å²) in [6, 6.07) is 8.45. The normalized spacial score (nSPS) is 17.4. The van der Waals surface area contributed by atoms with Gasteiger partial charge in [-0.05, 0) is 33.5 Å². The molecular formula is C18H20BrClN4O. The summed E-state index contributed by atoms with van der Waals surface area (Å²) in [5.74, 6) is 0.904. The number of hydrogen-bond donors (Lipinski definition) is 1. The number of likely N-dealkylation sites (N-methyl/N-ethyl adjacent to an activating group) is 1. The van der Waals surface area contributed by atoms with E-state index in [1.54, 1.807) is 13.2 Å². The lowest BCUT2D eigenvalue weighted by atomic mass is 9.91. The van der Waals surface area contributed by atoms with Crippen LogP contribution in [-0.4, -0.2) is 28.3 Å². The summed E-state index contributed by atoms with van der Waals surface area (Å²) in [4.78, 5) is 14.2. The predicted molar refractivity (Wildman–Crippen MR) is 105 cm³/mol. The van der Waals surface area contributed by atoms with Gasteiger partial charge in [0.05, 0.1) is 11.9 Å². The van der Waals surface area contributed by atoms with Gasteiger partial charge in [0.25, 0.3) is 5.56 Å². The van der Waals surface area contributed by atoms with Crippen LogP contribution in [0.5, 0.6) is 0 Å². The molecule has 0 spiro atoms. The minimum absolute atomic E-state index is 0.164. The van der Waals surface area contributed by atoms with Crippen LogP contribution in [0.15, 0.2) is 51.6 Å². The van der Waals surface area contributed by atoms with E-state index in [-0.39, 0.29) is 5.56 Å². The zero-order valence-electron chi connectivity index (χ0n) is 14.2. The van der Waals surface area contributed by atoms with Crippen molar-refractivity contribution in [2.75, 3.05) is 18.9 Å². The third-order valence-electron chi connectivity index (χ3n) is 4.33. The van der Waals surface area contributed by atoms with Crippen molar-refractivity contribution in [2.24, 2.45) is 7.05 Å². The van der Waals surface area contributed by atoms with Crippen LogP contribution in [0.25, 0.3) is 0 Å². The molecule has 1 aromatic carbocycles. The predicted octanol–water partition coefficient (Wildman–Crippen LogP) is 3.65. The minimum Gasteiger partial charge on any atom is -0.378 e. The van der Waals surface area contributed by atoms with E-state index in [0.29, 0.717) is 22.0 Å². The van der Waals surface area contributed by atoms with Gasteiger partial charge in [0.2, 0.25) is 0 Å². The summed E-state index contributed by atoms with van der Waals surface area (Å²) < 4.78 is 1.79. The van der Waals surface area contributed by atoms with Gasteiger partial charge in [0.15, 0.2) is 0 Å². The average molecular weight is 424 g/mol. The number of benzene rings is 1. The van der Waals surface area contributed by atoms with E-state index in [2.05, 4.69) is 68.8 Å². The molecule has 0 saturated carbocycles. The minimum atomic E-state index is -0.164. The Morgan fingerprint density at radius 2 is 2.04 bits per heavy atom. The van der Waals surface area contributed by atoms with E-state index in [4.69, 9.17) is 11.6 Å². The average Bonchev–Trinajstić information content (AvgIpc) is 2.62. The fourth-order valence-corrected chi connectivity index (χ4v) is 3.64. The fourth-order valence-electron chi connectivity index (χ4n) is 3.01. The van der Waals surface area contributed by atoms with Gasteiger partial charge >= 0.3 is 0 Å². The zero-order valence-corrected chi connectivity index (χ0v) is 16.5. The summed E-state index contributed by atoms with van der Waals surface area (Å²) in [7, 11) is 3.68. The van der Waals surface area contributed by atoms with Crippen LogP contribution in [-0.2, 0) is 12.9 Å². The van der Waals surface area contributed by atoms with E-state index >= 15 is 0 Å². The molecule has 0 amide bonds. The van der Waals surface area contributed by atoms with Gasteiger partial charge in [-0.1, -0.05) is 24.3 Å². The van der Waals surface area contributed by atoms with Crippen molar-refractivity contribution in [3.63, 3.8) is 0 Å². The number of aromatic nitrogens is 2. The number of alkyl halides is 1. The Balaban J connectivity index is 1.80. The standard InChI is InChI=1S/C18H20BrClN4O/c1-23-10-14(13-5-3-12(8-20)4-6-13)7-15(11-23)22-16-9-21-24(2)18(25)17(16)19/h3-6,9,11,14,22H,7-8,10H2,1-2H3/t14-/m0/s1. The monoisotopic (exact) mass is 422 g/mol. The first-order valence-electron chi connectivity index (χ1n) is 8.02. The Hall–Kier alpha value is -1.79. The van der Waals surface area contributed by atoms with Crippen LogP contribution >= 0.6 is 27.5 Å². The van der Waals surface area contributed by atoms with E-state index in [9.17, 15) is 4.79 Å². The molecule has 0 unspecified atom stereocenters. The van der Waals surface area contributed by atoms with Crippen molar-refractivity contribution in [3.05, 3.63) is 68.3 Å². The highest BCUT2D eigenvalue weighted by molar-refractivity contribution is 9.10. The molecular weight excluding hydrogens is 404 g/mol. The number of aryl methyl sites for hydroxylation is 1. The molecule has 5 nitrogen and oxygen atoms in total. The Labute approximate surface area is 160 Å². The molecule has 2 heterocycles. The lowest BCUT2D eigenvalue weighted by molar-refractivity contribution is 0.381. The number of anilines is 1. The van der Waals surface area contributed by atoms with Gasteiger partial charge in [0.1, 0.15) is 4.47 Å². The molecule has 2 aromatic rings. The Bertz CT molecular complexity index is 847. The topological polar surface area (TPSA) is 50.2 Å². The maximum Gasteiger partial charge on any atom is 0.282 e. The second kappa shape index (κ2) is 7.62. The highest BCUT2D eigenvalue weighted by Crippen LogP contribution is 2.30. The maximum absolute atomic E-state index is 12.0. The third kappa shape index (κ3) is 4.07. The molecule has 1 atom stereocenters. The van der Waals surface area contributed by atoms with E-state index < -0.39 is 0 Å². The first-order chi connectivity index (χ1) is 12.0. The van der Waals surface area contributed by atoms with E-state index in [1.165, 1.54) is 10.2 Å². The maximum atomic E-state index is 12.0. The first kappa shape index (κ1) is 18.0. The van der Waals surface area contributed by atoms with Crippen molar-refractivity contribution in [2.45, 2.75) is 18.2 Å². The van der Waals surface area contributed by atoms with Crippen LogP contribution in [0.2, 0.25) is 0 Å². The van der Waals surface area contributed by atoms with Crippen molar-refractivity contribution in [1.29, 1.82) is 0 Å². The molecule has 0 bridgehead atoms. The van der Waals surface area contributed by atoms with E-state index in [0.717, 1.165) is 24.2 Å². The molecule has 0 fully saturated rings. The van der Waals surface area contributed by atoms with Crippen molar-refractivity contribution >= 4 is 33.2 Å². The van der Waals surface area contributed by atoms with Gasteiger partial charge in [-0.15, -0.1) is 11.6 Å². The van der Waals surface area contributed by atoms with Crippen LogP contribution in [0, 0.1) is 0 Å². The number of nitrogens with zero attached hydrogens (tertiary/aromatic N) is 3. The molecule has 1 N–H and O–H groups in total. The third-order valence-corrected chi connectivity index (χ3v) is 5.40. The highest BCUT2D eigenvalue weighted by atomic mass is 79.9. The van der Waals surface area contributed by atoms with Crippen molar-refractivity contribution < 1.29 is 0 Å². The summed E-state index contributed by atoms with van der Waals surface area (Å²) >= 11 is 9.24. The van der Waals surface area contributed by atoms with Crippen LogP contribution in [0.4, 0.5) is 5.69 Å². The summed E-state index contributed by atoms with van der Waals surface area (Å²) in [5, 5.41) is 7.42. The summed E-state index contributed by atoms with van der Waals surface area (Å²) in [5.41, 5.74) is 3.98. The van der Waals surface area contributed by atoms with Gasteiger partial charge in [0, 0.05) is 44.3 Å². The Kier molecular flexibility index (Phi) is 5.49. The number of hydrogen-bond acceptors (Lipinski definition) is 4. The molecule has 132 valence electrons. The molecule has 7 heteroatoms. The smallest absolute Gasteiger partial charge is 0.282 e. The second-order valence-electron chi connectivity index (χ2n) is 6.30. The van der Waals surface area contributed by atoms with Crippen LogP contribution in [0.3, 0.4) is 0 Å². The SMILES string of the molecule is CN1C=C(Nc2cnn(C)c(=O)c2Br)C[C@H](c2ccc(CCl)cc2)C1. The van der Waals surface area contributed by atoms with Crippen LogP contribution in [0.1, 0.15) is 23.5 Å². The number of halogens is 2. The highest BCUT2D eigenvalue weighted by Gasteiger charge is 2.21. The number of rotatable bonds is 4. The fraction of sp³-hybridized carbons (Fsp3) is 0.333. The van der Waals surface area contributed by atoms with Gasteiger partial charge in [-0.3, -0.25) is 4.79 Å². The molecule has 0 aliphatic carbocycles. The Morgan fingerprint density at radius 1 is 1.32 bits per heavy atom.